The fourth-order valence-electron chi connectivity index (χ4n) is 4.14. The van der Waals surface area contributed by atoms with Gasteiger partial charge in [0.25, 0.3) is 5.56 Å². The maximum absolute atomic E-state index is 13.6. The zero-order valence-electron chi connectivity index (χ0n) is 16.3. The molecule has 2 aromatic heterocycles. The van der Waals surface area contributed by atoms with E-state index in [1.54, 1.807) is 0 Å². The maximum atomic E-state index is 13.6. The first-order chi connectivity index (χ1) is 13.7. The fraction of sp³-hybridized carbons (Fsp3) is 0.409. The van der Waals surface area contributed by atoms with E-state index < -0.39 is 0 Å². The van der Waals surface area contributed by atoms with Gasteiger partial charge in [-0.2, -0.15) is 4.98 Å². The monoisotopic (exact) mass is 377 g/mol. The van der Waals surface area contributed by atoms with E-state index in [4.69, 9.17) is 5.73 Å². The Balaban J connectivity index is 1.88. The molecule has 0 aliphatic heterocycles. The number of rotatable bonds is 6. The SMILES string of the molecule is CC(c1ccccc1)c1cc2cnc(NCCN)nc2n(C2CCCC2)c1=O. The summed E-state index contributed by atoms with van der Waals surface area (Å²) in [6.07, 6.45) is 6.16. The molecule has 1 aliphatic carbocycles. The number of aromatic nitrogens is 3. The Morgan fingerprint density at radius 2 is 2.00 bits per heavy atom. The lowest BCUT2D eigenvalue weighted by Crippen LogP contribution is -2.29. The lowest BCUT2D eigenvalue weighted by molar-refractivity contribution is 0.511. The van der Waals surface area contributed by atoms with Crippen molar-refractivity contribution in [1.82, 2.24) is 14.5 Å². The summed E-state index contributed by atoms with van der Waals surface area (Å²) in [6, 6.07) is 12.3. The molecular formula is C22H27N5O. The molecule has 1 fully saturated rings. The summed E-state index contributed by atoms with van der Waals surface area (Å²) in [5, 5.41) is 4.03. The van der Waals surface area contributed by atoms with Gasteiger partial charge in [0.1, 0.15) is 5.65 Å². The lowest BCUT2D eigenvalue weighted by atomic mass is 9.93. The van der Waals surface area contributed by atoms with Crippen LogP contribution in [0.3, 0.4) is 0 Å². The molecule has 6 heteroatoms. The molecule has 146 valence electrons. The summed E-state index contributed by atoms with van der Waals surface area (Å²) < 4.78 is 1.92. The van der Waals surface area contributed by atoms with Crippen molar-refractivity contribution in [2.24, 2.45) is 5.73 Å². The Morgan fingerprint density at radius 3 is 2.71 bits per heavy atom. The van der Waals surface area contributed by atoms with Gasteiger partial charge in [-0.25, -0.2) is 4.98 Å². The molecule has 1 atom stereocenters. The molecule has 28 heavy (non-hydrogen) atoms. The van der Waals surface area contributed by atoms with E-state index in [1.807, 2.05) is 35.0 Å². The van der Waals surface area contributed by atoms with Gasteiger partial charge in [0.05, 0.1) is 0 Å². The second kappa shape index (κ2) is 8.10. The van der Waals surface area contributed by atoms with E-state index in [2.05, 4.69) is 34.3 Å². The van der Waals surface area contributed by atoms with Crippen LogP contribution in [0.1, 0.15) is 55.7 Å². The number of pyridine rings is 1. The summed E-state index contributed by atoms with van der Waals surface area (Å²) in [6.45, 7) is 3.20. The molecular weight excluding hydrogens is 350 g/mol. The summed E-state index contributed by atoms with van der Waals surface area (Å²) in [7, 11) is 0. The normalized spacial score (nSPS) is 15.8. The molecule has 2 heterocycles. The molecule has 3 aromatic rings. The van der Waals surface area contributed by atoms with Gasteiger partial charge in [-0.3, -0.25) is 9.36 Å². The van der Waals surface area contributed by atoms with Crippen LogP contribution in [0, 0.1) is 0 Å². The molecule has 0 amide bonds. The van der Waals surface area contributed by atoms with Crippen LogP contribution in [-0.4, -0.2) is 27.6 Å². The molecule has 1 aromatic carbocycles. The number of hydrogen-bond donors (Lipinski definition) is 2. The highest BCUT2D eigenvalue weighted by Gasteiger charge is 2.24. The van der Waals surface area contributed by atoms with Crippen molar-refractivity contribution in [2.45, 2.75) is 44.6 Å². The van der Waals surface area contributed by atoms with Gasteiger partial charge < -0.3 is 11.1 Å². The summed E-state index contributed by atoms with van der Waals surface area (Å²) in [4.78, 5) is 22.7. The second-order valence-electron chi connectivity index (χ2n) is 7.53. The first-order valence-corrected chi connectivity index (χ1v) is 10.1. The highest BCUT2D eigenvalue weighted by Crippen LogP contribution is 2.32. The van der Waals surface area contributed by atoms with Crippen molar-refractivity contribution in [3.63, 3.8) is 0 Å². The van der Waals surface area contributed by atoms with Crippen molar-refractivity contribution < 1.29 is 0 Å². The zero-order chi connectivity index (χ0) is 19.5. The van der Waals surface area contributed by atoms with Crippen LogP contribution in [-0.2, 0) is 0 Å². The van der Waals surface area contributed by atoms with Gasteiger partial charge in [0, 0.05) is 42.2 Å². The van der Waals surface area contributed by atoms with Crippen molar-refractivity contribution in [2.75, 3.05) is 18.4 Å². The lowest BCUT2D eigenvalue weighted by Gasteiger charge is -2.20. The first-order valence-electron chi connectivity index (χ1n) is 10.1. The van der Waals surface area contributed by atoms with Crippen LogP contribution >= 0.6 is 0 Å². The summed E-state index contributed by atoms with van der Waals surface area (Å²) in [5.41, 5.74) is 8.31. The standard InChI is InChI=1S/C22H27N5O/c1-15(16-7-3-2-4-8-16)19-13-17-14-25-22(24-12-11-23)26-20(17)27(21(19)28)18-9-5-6-10-18/h2-4,7-8,13-15,18H,5-6,9-12,23H2,1H3,(H,24,25,26). The zero-order valence-corrected chi connectivity index (χ0v) is 16.3. The molecule has 1 unspecified atom stereocenters. The van der Waals surface area contributed by atoms with E-state index in [0.29, 0.717) is 19.0 Å². The smallest absolute Gasteiger partial charge is 0.256 e. The molecule has 3 N–H and O–H groups in total. The third kappa shape index (κ3) is 3.52. The number of nitrogens with two attached hydrogens (primary N) is 1. The summed E-state index contributed by atoms with van der Waals surface area (Å²) >= 11 is 0. The Kier molecular flexibility index (Phi) is 5.39. The Hall–Kier alpha value is -2.73. The van der Waals surface area contributed by atoms with E-state index in [0.717, 1.165) is 47.8 Å². The second-order valence-corrected chi connectivity index (χ2v) is 7.53. The van der Waals surface area contributed by atoms with Crippen LogP contribution < -0.4 is 16.6 Å². The van der Waals surface area contributed by atoms with Gasteiger partial charge in [-0.05, 0) is 24.5 Å². The minimum Gasteiger partial charge on any atom is -0.353 e. The van der Waals surface area contributed by atoms with E-state index >= 15 is 0 Å². The van der Waals surface area contributed by atoms with Crippen molar-refractivity contribution in [3.05, 3.63) is 64.1 Å². The molecule has 1 aliphatic rings. The predicted molar refractivity (Wildman–Crippen MR) is 113 cm³/mol. The van der Waals surface area contributed by atoms with Crippen LogP contribution in [0.2, 0.25) is 0 Å². The molecule has 1 saturated carbocycles. The van der Waals surface area contributed by atoms with E-state index in [-0.39, 0.29) is 17.5 Å². The maximum Gasteiger partial charge on any atom is 0.256 e. The molecule has 6 nitrogen and oxygen atoms in total. The van der Waals surface area contributed by atoms with Crippen LogP contribution in [0.15, 0.2) is 47.4 Å². The number of anilines is 1. The van der Waals surface area contributed by atoms with Crippen LogP contribution in [0.4, 0.5) is 5.95 Å². The average Bonchev–Trinajstić information content (AvgIpc) is 3.26. The minimum atomic E-state index is 0.0146. The Labute approximate surface area is 164 Å². The highest BCUT2D eigenvalue weighted by molar-refractivity contribution is 5.76. The summed E-state index contributed by atoms with van der Waals surface area (Å²) in [5.74, 6) is 0.536. The quantitative estimate of drug-likeness (QED) is 0.687. The van der Waals surface area contributed by atoms with E-state index in [1.165, 1.54) is 0 Å². The topological polar surface area (TPSA) is 85.8 Å². The third-order valence-corrected chi connectivity index (χ3v) is 5.68. The fourth-order valence-corrected chi connectivity index (χ4v) is 4.14. The predicted octanol–water partition coefficient (Wildman–Crippen LogP) is 3.43. The number of nitrogens with one attached hydrogen (secondary N) is 1. The van der Waals surface area contributed by atoms with Gasteiger partial charge >= 0.3 is 0 Å². The molecule has 0 bridgehead atoms. The highest BCUT2D eigenvalue weighted by atomic mass is 16.1. The molecule has 0 saturated heterocycles. The Bertz CT molecular complexity index is 1010. The number of nitrogens with zero attached hydrogens (tertiary/aromatic N) is 3. The molecule has 0 radical (unpaired) electrons. The van der Waals surface area contributed by atoms with E-state index in [9.17, 15) is 4.79 Å². The van der Waals surface area contributed by atoms with Crippen LogP contribution in [0.25, 0.3) is 11.0 Å². The Morgan fingerprint density at radius 1 is 1.25 bits per heavy atom. The van der Waals surface area contributed by atoms with Crippen molar-refractivity contribution in [3.8, 4) is 0 Å². The van der Waals surface area contributed by atoms with Crippen LogP contribution in [0.5, 0.6) is 0 Å². The van der Waals surface area contributed by atoms with Crippen molar-refractivity contribution >= 4 is 17.0 Å². The molecule has 4 rings (SSSR count). The molecule has 0 spiro atoms. The van der Waals surface area contributed by atoms with Crippen molar-refractivity contribution in [1.29, 1.82) is 0 Å². The number of fused-ring (bicyclic) bond motifs is 1. The average molecular weight is 377 g/mol. The van der Waals surface area contributed by atoms with Gasteiger partial charge in [0.15, 0.2) is 0 Å². The number of benzene rings is 1. The van der Waals surface area contributed by atoms with Gasteiger partial charge in [-0.15, -0.1) is 0 Å². The largest absolute Gasteiger partial charge is 0.353 e. The van der Waals surface area contributed by atoms with Gasteiger partial charge in [-0.1, -0.05) is 50.1 Å². The minimum absolute atomic E-state index is 0.0146. The third-order valence-electron chi connectivity index (χ3n) is 5.68. The number of hydrogen-bond acceptors (Lipinski definition) is 5. The van der Waals surface area contributed by atoms with Gasteiger partial charge in [0.2, 0.25) is 5.95 Å². The first kappa shape index (κ1) is 18.6.